The van der Waals surface area contributed by atoms with E-state index < -0.39 is 18.5 Å². The SMILES string of the molecule is COc1cccc(C(=O)OCC(=O)Nc2ccc(O)cc2)c1O. The summed E-state index contributed by atoms with van der Waals surface area (Å²) < 4.78 is 9.74. The van der Waals surface area contributed by atoms with Crippen molar-refractivity contribution < 1.29 is 29.3 Å². The quantitative estimate of drug-likeness (QED) is 0.574. The summed E-state index contributed by atoms with van der Waals surface area (Å²) in [5, 5.41) is 21.5. The fourth-order valence-corrected chi connectivity index (χ4v) is 1.80. The van der Waals surface area contributed by atoms with E-state index in [4.69, 9.17) is 14.6 Å². The summed E-state index contributed by atoms with van der Waals surface area (Å²) in [6.07, 6.45) is 0. The van der Waals surface area contributed by atoms with Crippen LogP contribution in [-0.2, 0) is 9.53 Å². The molecule has 0 saturated carbocycles. The zero-order valence-corrected chi connectivity index (χ0v) is 12.3. The van der Waals surface area contributed by atoms with Crippen LogP contribution in [-0.4, -0.2) is 35.8 Å². The second-order valence-corrected chi connectivity index (χ2v) is 4.53. The first-order valence-electron chi connectivity index (χ1n) is 6.63. The lowest BCUT2D eigenvalue weighted by Gasteiger charge is -2.09. The molecular formula is C16H15NO6. The molecule has 7 nitrogen and oxygen atoms in total. The topological polar surface area (TPSA) is 105 Å². The van der Waals surface area contributed by atoms with Gasteiger partial charge in [0.1, 0.15) is 11.3 Å². The van der Waals surface area contributed by atoms with Crippen LogP contribution in [0.2, 0.25) is 0 Å². The molecule has 0 unspecified atom stereocenters. The van der Waals surface area contributed by atoms with E-state index in [-0.39, 0.29) is 22.8 Å². The number of hydrogen-bond donors (Lipinski definition) is 3. The minimum Gasteiger partial charge on any atom is -0.508 e. The Morgan fingerprint density at radius 3 is 2.43 bits per heavy atom. The Balaban J connectivity index is 1.94. The van der Waals surface area contributed by atoms with Crippen molar-refractivity contribution in [3.8, 4) is 17.2 Å². The molecule has 120 valence electrons. The molecule has 23 heavy (non-hydrogen) atoms. The molecular weight excluding hydrogens is 302 g/mol. The highest BCUT2D eigenvalue weighted by atomic mass is 16.5. The van der Waals surface area contributed by atoms with Crippen molar-refractivity contribution in [2.24, 2.45) is 0 Å². The Bertz CT molecular complexity index is 711. The molecule has 0 fully saturated rings. The largest absolute Gasteiger partial charge is 0.508 e. The monoisotopic (exact) mass is 317 g/mol. The van der Waals surface area contributed by atoms with Gasteiger partial charge in [-0.1, -0.05) is 6.07 Å². The van der Waals surface area contributed by atoms with Gasteiger partial charge in [-0.15, -0.1) is 0 Å². The molecule has 0 heterocycles. The second kappa shape index (κ2) is 7.17. The van der Waals surface area contributed by atoms with Crippen LogP contribution in [0.15, 0.2) is 42.5 Å². The van der Waals surface area contributed by atoms with Gasteiger partial charge in [-0.2, -0.15) is 0 Å². The molecule has 0 atom stereocenters. The number of ether oxygens (including phenoxy) is 2. The predicted octanol–water partition coefficient (Wildman–Crippen LogP) is 1.90. The molecule has 2 rings (SSSR count). The van der Waals surface area contributed by atoms with E-state index >= 15 is 0 Å². The van der Waals surface area contributed by atoms with Crippen molar-refractivity contribution in [2.75, 3.05) is 19.0 Å². The molecule has 1 amide bonds. The maximum atomic E-state index is 11.9. The average molecular weight is 317 g/mol. The van der Waals surface area contributed by atoms with Crippen LogP contribution in [0.1, 0.15) is 10.4 Å². The number of esters is 1. The molecule has 0 spiro atoms. The summed E-state index contributed by atoms with van der Waals surface area (Å²) in [4.78, 5) is 23.6. The first kappa shape index (κ1) is 16.2. The van der Waals surface area contributed by atoms with Crippen LogP contribution in [0.3, 0.4) is 0 Å². The first-order chi connectivity index (χ1) is 11.0. The Morgan fingerprint density at radius 1 is 1.09 bits per heavy atom. The van der Waals surface area contributed by atoms with Gasteiger partial charge < -0.3 is 25.0 Å². The number of benzene rings is 2. The molecule has 0 bridgehead atoms. The molecule has 0 radical (unpaired) electrons. The van der Waals surface area contributed by atoms with Crippen molar-refractivity contribution in [1.29, 1.82) is 0 Å². The zero-order chi connectivity index (χ0) is 16.8. The fourth-order valence-electron chi connectivity index (χ4n) is 1.80. The number of phenolic OH excluding ortho intramolecular Hbond substituents is 2. The summed E-state index contributed by atoms with van der Waals surface area (Å²) in [7, 11) is 1.36. The maximum absolute atomic E-state index is 11.9. The van der Waals surface area contributed by atoms with E-state index in [2.05, 4.69) is 5.32 Å². The molecule has 0 saturated heterocycles. The molecule has 7 heteroatoms. The lowest BCUT2D eigenvalue weighted by atomic mass is 10.2. The number of amides is 1. The number of methoxy groups -OCH3 is 1. The number of carbonyl (C=O) groups excluding carboxylic acids is 2. The molecule has 0 aliphatic rings. The predicted molar refractivity (Wildman–Crippen MR) is 81.7 cm³/mol. The molecule has 3 N–H and O–H groups in total. The number of hydrogen-bond acceptors (Lipinski definition) is 6. The van der Waals surface area contributed by atoms with Gasteiger partial charge in [-0.3, -0.25) is 4.79 Å². The number of rotatable bonds is 5. The van der Waals surface area contributed by atoms with Gasteiger partial charge >= 0.3 is 5.97 Å². The highest BCUT2D eigenvalue weighted by molar-refractivity contribution is 5.97. The summed E-state index contributed by atoms with van der Waals surface area (Å²) >= 11 is 0. The van der Waals surface area contributed by atoms with Crippen LogP contribution >= 0.6 is 0 Å². The van der Waals surface area contributed by atoms with Crippen LogP contribution in [0, 0.1) is 0 Å². The van der Waals surface area contributed by atoms with E-state index in [1.807, 2.05) is 0 Å². The minimum absolute atomic E-state index is 0.0722. The van der Waals surface area contributed by atoms with Crippen molar-refractivity contribution in [2.45, 2.75) is 0 Å². The maximum Gasteiger partial charge on any atom is 0.342 e. The van der Waals surface area contributed by atoms with Crippen LogP contribution < -0.4 is 10.1 Å². The van der Waals surface area contributed by atoms with Gasteiger partial charge in [0.25, 0.3) is 5.91 Å². The standard InChI is InChI=1S/C16H15NO6/c1-22-13-4-2-3-12(15(13)20)16(21)23-9-14(19)17-10-5-7-11(18)8-6-10/h2-8,18,20H,9H2,1H3,(H,17,19). The molecule has 2 aromatic rings. The van der Waals surface area contributed by atoms with Gasteiger partial charge in [-0.25, -0.2) is 4.79 Å². The van der Waals surface area contributed by atoms with E-state index in [0.29, 0.717) is 5.69 Å². The summed E-state index contributed by atoms with van der Waals surface area (Å²) in [6.45, 7) is -0.518. The third-order valence-electron chi connectivity index (χ3n) is 2.92. The molecule has 0 aliphatic heterocycles. The van der Waals surface area contributed by atoms with Crippen molar-refractivity contribution >= 4 is 17.6 Å². The normalized spacial score (nSPS) is 9.96. The van der Waals surface area contributed by atoms with Gasteiger partial charge in [0.05, 0.1) is 7.11 Å². The van der Waals surface area contributed by atoms with Crippen LogP contribution in [0.5, 0.6) is 17.2 Å². The Labute approximate surface area is 132 Å². The highest BCUT2D eigenvalue weighted by Crippen LogP contribution is 2.29. The number of nitrogens with one attached hydrogen (secondary N) is 1. The molecule has 2 aromatic carbocycles. The Morgan fingerprint density at radius 2 is 1.78 bits per heavy atom. The lowest BCUT2D eigenvalue weighted by Crippen LogP contribution is -2.21. The number of phenols is 2. The van der Waals surface area contributed by atoms with Crippen molar-refractivity contribution in [3.63, 3.8) is 0 Å². The van der Waals surface area contributed by atoms with Gasteiger partial charge in [-0.05, 0) is 36.4 Å². The van der Waals surface area contributed by atoms with E-state index in [1.165, 1.54) is 49.6 Å². The van der Waals surface area contributed by atoms with E-state index in [9.17, 15) is 14.7 Å². The number of aromatic hydroxyl groups is 2. The minimum atomic E-state index is -0.845. The Hall–Kier alpha value is -3.22. The highest BCUT2D eigenvalue weighted by Gasteiger charge is 2.17. The second-order valence-electron chi connectivity index (χ2n) is 4.53. The summed E-state index contributed by atoms with van der Waals surface area (Å²) in [6, 6.07) is 10.2. The van der Waals surface area contributed by atoms with Crippen LogP contribution in [0.25, 0.3) is 0 Å². The third-order valence-corrected chi connectivity index (χ3v) is 2.92. The first-order valence-corrected chi connectivity index (χ1v) is 6.63. The van der Waals surface area contributed by atoms with Crippen LogP contribution in [0.4, 0.5) is 5.69 Å². The van der Waals surface area contributed by atoms with Crippen molar-refractivity contribution in [3.05, 3.63) is 48.0 Å². The molecule has 0 aromatic heterocycles. The summed E-state index contributed by atoms with van der Waals surface area (Å²) in [5.74, 6) is -1.54. The molecule has 0 aliphatic carbocycles. The lowest BCUT2D eigenvalue weighted by molar-refractivity contribution is -0.119. The van der Waals surface area contributed by atoms with Gasteiger partial charge in [0.2, 0.25) is 0 Å². The zero-order valence-electron chi connectivity index (χ0n) is 12.3. The third kappa shape index (κ3) is 4.13. The van der Waals surface area contributed by atoms with E-state index in [0.717, 1.165) is 0 Å². The van der Waals surface area contributed by atoms with Gasteiger partial charge in [0, 0.05) is 5.69 Å². The summed E-state index contributed by atoms with van der Waals surface area (Å²) in [5.41, 5.74) is 0.356. The fraction of sp³-hybridized carbons (Fsp3) is 0.125. The van der Waals surface area contributed by atoms with Gasteiger partial charge in [0.15, 0.2) is 18.1 Å². The van der Waals surface area contributed by atoms with E-state index in [1.54, 1.807) is 0 Å². The van der Waals surface area contributed by atoms with Crippen molar-refractivity contribution in [1.82, 2.24) is 0 Å². The Kier molecular flexibility index (Phi) is 5.03. The average Bonchev–Trinajstić information content (AvgIpc) is 2.55. The smallest absolute Gasteiger partial charge is 0.342 e. The number of para-hydroxylation sites is 1. The number of anilines is 1. The number of carbonyl (C=O) groups is 2.